The zero-order valence-corrected chi connectivity index (χ0v) is 9.89. The van der Waals surface area contributed by atoms with Crippen LogP contribution in [0.25, 0.3) is 0 Å². The summed E-state index contributed by atoms with van der Waals surface area (Å²) in [6.45, 7) is 4.44. The van der Waals surface area contributed by atoms with Crippen LogP contribution in [-0.2, 0) is 0 Å². The van der Waals surface area contributed by atoms with Gasteiger partial charge in [0.25, 0.3) is 0 Å². The Bertz CT molecular complexity index is 149. The quantitative estimate of drug-likeness (QED) is 0.658. The second kappa shape index (κ2) is 5.75. The highest BCUT2D eigenvalue weighted by molar-refractivity contribution is 4.93. The first-order chi connectivity index (χ1) is 6.75. The van der Waals surface area contributed by atoms with Crippen molar-refractivity contribution < 1.29 is 5.11 Å². The number of unbranched alkanes of at least 4 members (excludes halogenated alkanes) is 2. The summed E-state index contributed by atoms with van der Waals surface area (Å²) in [7, 11) is 0. The molecule has 0 bridgehead atoms. The van der Waals surface area contributed by atoms with E-state index in [1.165, 1.54) is 51.4 Å². The van der Waals surface area contributed by atoms with E-state index in [2.05, 4.69) is 13.8 Å². The summed E-state index contributed by atoms with van der Waals surface area (Å²) in [4.78, 5) is 0. The molecule has 1 heteroatoms. The van der Waals surface area contributed by atoms with Gasteiger partial charge < -0.3 is 5.11 Å². The van der Waals surface area contributed by atoms with Crippen molar-refractivity contribution in [3.8, 4) is 0 Å². The minimum absolute atomic E-state index is 0.0113. The predicted octanol–water partition coefficient (Wildman–Crippen LogP) is 3.90. The summed E-state index contributed by atoms with van der Waals surface area (Å²) in [5.74, 6) is 0. The van der Waals surface area contributed by atoms with E-state index in [4.69, 9.17) is 0 Å². The van der Waals surface area contributed by atoms with E-state index >= 15 is 0 Å². The minimum Gasteiger partial charge on any atom is -0.393 e. The van der Waals surface area contributed by atoms with Gasteiger partial charge in [0.05, 0.1) is 6.10 Å². The normalized spacial score (nSPS) is 21.6. The van der Waals surface area contributed by atoms with Gasteiger partial charge in [-0.05, 0) is 31.1 Å². The molecule has 0 aliphatic heterocycles. The molecule has 14 heavy (non-hydrogen) atoms. The lowest BCUT2D eigenvalue weighted by Gasteiger charge is -2.46. The summed E-state index contributed by atoms with van der Waals surface area (Å²) in [6.07, 6.45) is 11.1. The molecule has 1 aliphatic carbocycles. The Hall–Kier alpha value is -0.0400. The summed E-state index contributed by atoms with van der Waals surface area (Å²) in [5, 5.41) is 10.2. The molecular weight excluding hydrogens is 172 g/mol. The lowest BCUT2D eigenvalue weighted by atomic mass is 9.61. The van der Waals surface area contributed by atoms with Crippen LogP contribution >= 0.6 is 0 Å². The van der Waals surface area contributed by atoms with Crippen molar-refractivity contribution >= 4 is 0 Å². The fourth-order valence-electron chi connectivity index (χ4n) is 2.61. The van der Waals surface area contributed by atoms with Crippen LogP contribution in [0.3, 0.4) is 0 Å². The highest BCUT2D eigenvalue weighted by Crippen LogP contribution is 2.49. The smallest absolute Gasteiger partial charge is 0.0596 e. The molecule has 0 heterocycles. The lowest BCUT2D eigenvalue weighted by Crippen LogP contribution is -2.41. The van der Waals surface area contributed by atoms with E-state index < -0.39 is 0 Å². The van der Waals surface area contributed by atoms with E-state index in [0.29, 0.717) is 5.41 Å². The second-order valence-electron chi connectivity index (χ2n) is 4.98. The predicted molar refractivity (Wildman–Crippen MR) is 61.3 cm³/mol. The number of aliphatic hydroxyl groups is 1. The van der Waals surface area contributed by atoms with E-state index in [1.807, 2.05) is 0 Å². The molecular formula is C13H26O. The van der Waals surface area contributed by atoms with E-state index in [1.54, 1.807) is 0 Å². The van der Waals surface area contributed by atoms with Crippen molar-refractivity contribution in [2.45, 2.75) is 77.7 Å². The van der Waals surface area contributed by atoms with Crippen molar-refractivity contribution in [1.82, 2.24) is 0 Å². The van der Waals surface area contributed by atoms with Crippen LogP contribution < -0.4 is 0 Å². The molecule has 0 amide bonds. The van der Waals surface area contributed by atoms with Gasteiger partial charge in [-0.3, -0.25) is 0 Å². The summed E-state index contributed by atoms with van der Waals surface area (Å²) < 4.78 is 0. The van der Waals surface area contributed by atoms with Crippen molar-refractivity contribution in [2.24, 2.45) is 5.41 Å². The Balaban J connectivity index is 2.34. The Labute approximate surface area is 88.9 Å². The van der Waals surface area contributed by atoms with Crippen molar-refractivity contribution in [2.75, 3.05) is 0 Å². The standard InChI is InChI=1S/C13H26O/c1-3-5-8-12(14)13(9-6-4-2)10-7-11-13/h12,14H,3-11H2,1-2H3/t12-/m1/s1. The van der Waals surface area contributed by atoms with Gasteiger partial charge in [-0.25, -0.2) is 0 Å². The molecule has 0 spiro atoms. The van der Waals surface area contributed by atoms with Gasteiger partial charge in [0, 0.05) is 0 Å². The van der Waals surface area contributed by atoms with Gasteiger partial charge in [0.15, 0.2) is 0 Å². The zero-order chi connectivity index (χ0) is 10.4. The molecule has 1 atom stereocenters. The second-order valence-corrected chi connectivity index (χ2v) is 4.98. The van der Waals surface area contributed by atoms with Crippen LogP contribution in [0, 0.1) is 5.41 Å². The molecule has 1 N–H and O–H groups in total. The van der Waals surface area contributed by atoms with Crippen LogP contribution in [0.2, 0.25) is 0 Å². The SMILES string of the molecule is CCCC[C@@H](O)C1(CCCC)CCC1. The van der Waals surface area contributed by atoms with Gasteiger partial charge in [0.2, 0.25) is 0 Å². The van der Waals surface area contributed by atoms with Gasteiger partial charge in [-0.15, -0.1) is 0 Å². The number of rotatable bonds is 7. The maximum atomic E-state index is 10.2. The van der Waals surface area contributed by atoms with E-state index in [0.717, 1.165) is 6.42 Å². The first-order valence-electron chi connectivity index (χ1n) is 6.43. The Morgan fingerprint density at radius 2 is 1.79 bits per heavy atom. The first kappa shape index (κ1) is 12.0. The topological polar surface area (TPSA) is 20.2 Å². The fraction of sp³-hybridized carbons (Fsp3) is 1.00. The third kappa shape index (κ3) is 2.73. The summed E-state index contributed by atoms with van der Waals surface area (Å²) >= 11 is 0. The minimum atomic E-state index is -0.0113. The summed E-state index contributed by atoms with van der Waals surface area (Å²) in [6, 6.07) is 0. The molecule has 0 unspecified atom stereocenters. The third-order valence-corrected chi connectivity index (χ3v) is 3.92. The molecule has 1 aliphatic rings. The number of aliphatic hydroxyl groups excluding tert-OH is 1. The van der Waals surface area contributed by atoms with Crippen LogP contribution in [0.1, 0.15) is 71.6 Å². The molecule has 0 radical (unpaired) electrons. The maximum absolute atomic E-state index is 10.2. The number of hydrogen-bond acceptors (Lipinski definition) is 1. The van der Waals surface area contributed by atoms with Gasteiger partial charge in [0.1, 0.15) is 0 Å². The number of hydrogen-bond donors (Lipinski definition) is 1. The van der Waals surface area contributed by atoms with Gasteiger partial charge in [-0.1, -0.05) is 46.0 Å². The highest BCUT2D eigenvalue weighted by Gasteiger charge is 2.41. The highest BCUT2D eigenvalue weighted by atomic mass is 16.3. The van der Waals surface area contributed by atoms with E-state index in [-0.39, 0.29) is 6.10 Å². The molecule has 1 rings (SSSR count). The van der Waals surface area contributed by atoms with E-state index in [9.17, 15) is 5.11 Å². The van der Waals surface area contributed by atoms with Crippen molar-refractivity contribution in [3.05, 3.63) is 0 Å². The van der Waals surface area contributed by atoms with Crippen LogP contribution in [-0.4, -0.2) is 11.2 Å². The van der Waals surface area contributed by atoms with Gasteiger partial charge >= 0.3 is 0 Å². The molecule has 0 saturated heterocycles. The molecule has 84 valence electrons. The average molecular weight is 198 g/mol. The van der Waals surface area contributed by atoms with Crippen molar-refractivity contribution in [3.63, 3.8) is 0 Å². The largest absolute Gasteiger partial charge is 0.393 e. The molecule has 1 saturated carbocycles. The molecule has 1 fully saturated rings. The zero-order valence-electron chi connectivity index (χ0n) is 9.89. The fourth-order valence-corrected chi connectivity index (χ4v) is 2.61. The molecule has 1 nitrogen and oxygen atoms in total. The Morgan fingerprint density at radius 3 is 2.21 bits per heavy atom. The van der Waals surface area contributed by atoms with Crippen LogP contribution in [0.15, 0.2) is 0 Å². The first-order valence-corrected chi connectivity index (χ1v) is 6.43. The Morgan fingerprint density at radius 1 is 1.14 bits per heavy atom. The van der Waals surface area contributed by atoms with Crippen molar-refractivity contribution in [1.29, 1.82) is 0 Å². The monoisotopic (exact) mass is 198 g/mol. The third-order valence-electron chi connectivity index (χ3n) is 3.92. The maximum Gasteiger partial charge on any atom is 0.0596 e. The van der Waals surface area contributed by atoms with Crippen LogP contribution in [0.5, 0.6) is 0 Å². The summed E-state index contributed by atoms with van der Waals surface area (Å²) in [5.41, 5.74) is 0.338. The van der Waals surface area contributed by atoms with Gasteiger partial charge in [-0.2, -0.15) is 0 Å². The lowest BCUT2D eigenvalue weighted by molar-refractivity contribution is -0.0477. The molecule has 0 aromatic carbocycles. The Kier molecular flexibility index (Phi) is 4.94. The molecule has 0 aromatic heterocycles. The average Bonchev–Trinajstić information content (AvgIpc) is 2.13. The van der Waals surface area contributed by atoms with Crippen LogP contribution in [0.4, 0.5) is 0 Å². The molecule has 0 aromatic rings.